The highest BCUT2D eigenvalue weighted by Crippen LogP contribution is 2.22. The zero-order valence-corrected chi connectivity index (χ0v) is 15.9. The van der Waals surface area contributed by atoms with E-state index in [0.29, 0.717) is 5.56 Å². The number of sulfone groups is 1. The minimum Gasteiger partial charge on any atom is -0.486 e. The summed E-state index contributed by atoms with van der Waals surface area (Å²) in [7, 11) is -3.52. The monoisotopic (exact) mass is 397 g/mol. The second-order valence-corrected chi connectivity index (χ2v) is 8.67. The van der Waals surface area contributed by atoms with Gasteiger partial charge in [0, 0.05) is 11.8 Å². The zero-order chi connectivity index (χ0) is 20.0. The van der Waals surface area contributed by atoms with Gasteiger partial charge in [0.05, 0.1) is 5.75 Å². The minimum atomic E-state index is -3.52. The van der Waals surface area contributed by atoms with Gasteiger partial charge in [0.15, 0.2) is 21.4 Å². The fourth-order valence-corrected chi connectivity index (χ4v) is 4.05. The normalized spacial score (nSPS) is 11.4. The number of ether oxygens (including phenoxy) is 1. The van der Waals surface area contributed by atoms with Crippen molar-refractivity contribution in [2.75, 3.05) is 16.8 Å². The fourth-order valence-electron chi connectivity index (χ4n) is 2.45. The van der Waals surface area contributed by atoms with Crippen molar-refractivity contribution in [2.24, 2.45) is 5.92 Å². The highest BCUT2D eigenvalue weighted by Gasteiger charge is 2.18. The number of benzene rings is 2. The van der Waals surface area contributed by atoms with E-state index in [4.69, 9.17) is 4.74 Å². The highest BCUT2D eigenvalue weighted by molar-refractivity contribution is 7.92. The molecule has 0 heterocycles. The molecule has 0 fully saturated rings. The summed E-state index contributed by atoms with van der Waals surface area (Å²) < 4.78 is 56.2. The van der Waals surface area contributed by atoms with Crippen molar-refractivity contribution in [1.29, 1.82) is 0 Å². The molecule has 0 aliphatic heterocycles. The van der Waals surface area contributed by atoms with Crippen LogP contribution in [0.25, 0.3) is 0 Å². The first-order valence-electron chi connectivity index (χ1n) is 8.32. The Hall–Kier alpha value is -2.48. The lowest BCUT2D eigenvalue weighted by atomic mass is 10.2. The number of halogens is 2. The van der Waals surface area contributed by atoms with Gasteiger partial charge in [0.25, 0.3) is 0 Å². The van der Waals surface area contributed by atoms with Gasteiger partial charge in [-0.05, 0) is 35.7 Å². The topological polar surface area (TPSA) is 72.5 Å². The summed E-state index contributed by atoms with van der Waals surface area (Å²) in [5.41, 5.74) is 0.664. The molecular weight excluding hydrogens is 376 g/mol. The standard InChI is InChI=1S/C19H21F2NO4S/c1-13(2)11-27(24,25)12-19(23)22-16-6-7-18(17(21)9-16)26-10-14-4-3-5-15(20)8-14/h3-9,13H,10-12H2,1-2H3,(H,22,23). The van der Waals surface area contributed by atoms with Crippen LogP contribution in [0, 0.1) is 17.6 Å². The first-order valence-corrected chi connectivity index (χ1v) is 10.1. The lowest BCUT2D eigenvalue weighted by molar-refractivity contribution is -0.113. The molecule has 146 valence electrons. The Labute approximate surface area is 157 Å². The smallest absolute Gasteiger partial charge is 0.239 e. The van der Waals surface area contributed by atoms with E-state index < -0.39 is 33.1 Å². The molecule has 0 bridgehead atoms. The molecule has 0 aromatic heterocycles. The van der Waals surface area contributed by atoms with Gasteiger partial charge >= 0.3 is 0 Å². The number of nitrogens with one attached hydrogen (secondary N) is 1. The molecule has 2 rings (SSSR count). The van der Waals surface area contributed by atoms with Gasteiger partial charge in [-0.25, -0.2) is 17.2 Å². The van der Waals surface area contributed by atoms with Crippen molar-refractivity contribution >= 4 is 21.4 Å². The molecule has 2 aromatic carbocycles. The zero-order valence-electron chi connectivity index (χ0n) is 15.0. The first kappa shape index (κ1) is 20.8. The number of carbonyl (C=O) groups is 1. The summed E-state index contributed by atoms with van der Waals surface area (Å²) in [6.45, 7) is 3.47. The van der Waals surface area contributed by atoms with E-state index in [-0.39, 0.29) is 29.7 Å². The van der Waals surface area contributed by atoms with E-state index >= 15 is 0 Å². The van der Waals surface area contributed by atoms with E-state index in [9.17, 15) is 22.0 Å². The van der Waals surface area contributed by atoms with Gasteiger partial charge in [-0.3, -0.25) is 4.79 Å². The van der Waals surface area contributed by atoms with Crippen molar-refractivity contribution < 1.29 is 26.7 Å². The maximum Gasteiger partial charge on any atom is 0.239 e. The van der Waals surface area contributed by atoms with E-state index in [2.05, 4.69) is 5.32 Å². The summed E-state index contributed by atoms with van der Waals surface area (Å²) in [5, 5.41) is 2.36. The van der Waals surface area contributed by atoms with Crippen LogP contribution in [0.1, 0.15) is 19.4 Å². The molecule has 0 aliphatic rings. The lowest BCUT2D eigenvalue weighted by Crippen LogP contribution is -2.26. The van der Waals surface area contributed by atoms with Crippen LogP contribution in [-0.4, -0.2) is 25.8 Å². The number of rotatable bonds is 8. The van der Waals surface area contributed by atoms with Gasteiger partial charge < -0.3 is 10.1 Å². The average Bonchev–Trinajstić information content (AvgIpc) is 2.52. The number of carbonyl (C=O) groups excluding carboxylic acids is 1. The van der Waals surface area contributed by atoms with Crippen molar-refractivity contribution in [1.82, 2.24) is 0 Å². The summed E-state index contributed by atoms with van der Waals surface area (Å²) in [6, 6.07) is 9.49. The Morgan fingerprint density at radius 1 is 1.15 bits per heavy atom. The second-order valence-electron chi connectivity index (χ2n) is 6.56. The summed E-state index contributed by atoms with van der Waals surface area (Å²) in [4.78, 5) is 11.9. The van der Waals surface area contributed by atoms with E-state index in [1.54, 1.807) is 19.9 Å². The highest BCUT2D eigenvalue weighted by atomic mass is 32.2. The third kappa shape index (κ3) is 6.97. The molecule has 27 heavy (non-hydrogen) atoms. The summed E-state index contributed by atoms with van der Waals surface area (Å²) in [5.74, 6) is -2.79. The molecule has 0 aliphatic carbocycles. The molecule has 8 heteroatoms. The Bertz CT molecular complexity index is 914. The van der Waals surface area contributed by atoms with Crippen molar-refractivity contribution in [2.45, 2.75) is 20.5 Å². The Balaban J connectivity index is 1.96. The molecule has 5 nitrogen and oxygen atoms in total. The number of anilines is 1. The summed E-state index contributed by atoms with van der Waals surface area (Å²) >= 11 is 0. The second kappa shape index (κ2) is 8.94. The van der Waals surface area contributed by atoms with Crippen LogP contribution < -0.4 is 10.1 Å². The van der Waals surface area contributed by atoms with Crippen molar-refractivity contribution in [3.05, 3.63) is 59.7 Å². The lowest BCUT2D eigenvalue weighted by Gasteiger charge is -2.11. The van der Waals surface area contributed by atoms with Gasteiger partial charge in [0.1, 0.15) is 18.2 Å². The number of hydrogen-bond acceptors (Lipinski definition) is 4. The Morgan fingerprint density at radius 3 is 2.52 bits per heavy atom. The largest absolute Gasteiger partial charge is 0.486 e. The van der Waals surface area contributed by atoms with Crippen LogP contribution in [0.5, 0.6) is 5.75 Å². The fraction of sp³-hybridized carbons (Fsp3) is 0.316. The van der Waals surface area contributed by atoms with Gasteiger partial charge in [-0.15, -0.1) is 0 Å². The van der Waals surface area contributed by atoms with Crippen LogP contribution >= 0.6 is 0 Å². The number of hydrogen-bond donors (Lipinski definition) is 1. The third-order valence-electron chi connectivity index (χ3n) is 3.44. The van der Waals surface area contributed by atoms with Gasteiger partial charge in [-0.2, -0.15) is 0 Å². The molecule has 0 radical (unpaired) electrons. The van der Waals surface area contributed by atoms with Gasteiger partial charge in [0.2, 0.25) is 5.91 Å². The quantitative estimate of drug-likeness (QED) is 0.739. The van der Waals surface area contributed by atoms with Crippen LogP contribution in [0.3, 0.4) is 0 Å². The van der Waals surface area contributed by atoms with Crippen LogP contribution in [0.15, 0.2) is 42.5 Å². The predicted octanol–water partition coefficient (Wildman–Crippen LogP) is 3.55. The summed E-state index contributed by atoms with van der Waals surface area (Å²) in [6.07, 6.45) is 0. The van der Waals surface area contributed by atoms with Gasteiger partial charge in [-0.1, -0.05) is 26.0 Å². The van der Waals surface area contributed by atoms with Crippen molar-refractivity contribution in [3.8, 4) is 5.75 Å². The van der Waals surface area contributed by atoms with Crippen LogP contribution in [0.2, 0.25) is 0 Å². The average molecular weight is 397 g/mol. The minimum absolute atomic E-state index is 0.0200. The van der Waals surface area contributed by atoms with Crippen LogP contribution in [0.4, 0.5) is 14.5 Å². The molecule has 0 atom stereocenters. The Kier molecular flexibility index (Phi) is 6.90. The molecule has 2 aromatic rings. The Morgan fingerprint density at radius 2 is 1.89 bits per heavy atom. The van der Waals surface area contributed by atoms with Crippen molar-refractivity contribution in [3.63, 3.8) is 0 Å². The van der Waals surface area contributed by atoms with E-state index in [1.807, 2.05) is 0 Å². The maximum absolute atomic E-state index is 14.1. The molecule has 0 unspecified atom stereocenters. The molecule has 0 saturated heterocycles. The van der Waals surface area contributed by atoms with E-state index in [0.717, 1.165) is 6.07 Å². The third-order valence-corrected chi connectivity index (χ3v) is 5.31. The maximum atomic E-state index is 14.1. The molecular formula is C19H21F2NO4S. The number of amides is 1. The predicted molar refractivity (Wildman–Crippen MR) is 99.3 cm³/mol. The first-order chi connectivity index (χ1) is 12.6. The van der Waals surface area contributed by atoms with Crippen LogP contribution in [-0.2, 0) is 21.2 Å². The molecule has 1 N–H and O–H groups in total. The molecule has 0 saturated carbocycles. The molecule has 0 spiro atoms. The van der Waals surface area contributed by atoms with E-state index in [1.165, 1.54) is 30.3 Å². The molecule has 1 amide bonds. The SMILES string of the molecule is CC(C)CS(=O)(=O)CC(=O)Nc1ccc(OCc2cccc(F)c2)c(F)c1.